The summed E-state index contributed by atoms with van der Waals surface area (Å²) in [4.78, 5) is 13.2. The first-order valence-corrected chi connectivity index (χ1v) is 12.7. The number of esters is 1. The van der Waals surface area contributed by atoms with Gasteiger partial charge in [-0.15, -0.1) is 0 Å². The number of carbonyl (C=O) groups is 1. The van der Waals surface area contributed by atoms with Gasteiger partial charge in [0.15, 0.2) is 0 Å². The zero-order chi connectivity index (χ0) is 23.2. The van der Waals surface area contributed by atoms with Gasteiger partial charge >= 0.3 is 197 Å². The second-order valence-electron chi connectivity index (χ2n) is 6.81. The summed E-state index contributed by atoms with van der Waals surface area (Å²) in [6, 6.07) is 13.8. The molecule has 2 aromatic carbocycles. The molecule has 0 saturated carbocycles. The summed E-state index contributed by atoms with van der Waals surface area (Å²) in [5.41, 5.74) is 1.22. The van der Waals surface area contributed by atoms with Crippen LogP contribution in [0.15, 0.2) is 55.1 Å². The van der Waals surface area contributed by atoms with Crippen molar-refractivity contribution in [3.05, 3.63) is 66.2 Å². The summed E-state index contributed by atoms with van der Waals surface area (Å²) in [6.45, 7) is 10.5. The van der Waals surface area contributed by atoms with Crippen LogP contribution in [0.3, 0.4) is 0 Å². The third-order valence-corrected chi connectivity index (χ3v) is 6.55. The zero-order valence-electron chi connectivity index (χ0n) is 19.0. The standard InChI is InChI=1S/C25H32O6Se/c1-5-11-19(4)31-25(26)24-20(16-32-22-12-9-8-10-13-22)14-21(29-17-27-6-2)15-23(24)30-18-28-7-3/h5,8-10,12-15,19H,1,6-7,11,16-18H2,2-4H3/t19-/m0/s1. The van der Waals surface area contributed by atoms with Gasteiger partial charge in [0.1, 0.15) is 0 Å². The second-order valence-corrected chi connectivity index (χ2v) is 9.01. The molecule has 174 valence electrons. The van der Waals surface area contributed by atoms with E-state index in [0.717, 1.165) is 5.56 Å². The Morgan fingerprint density at radius 3 is 2.41 bits per heavy atom. The first-order chi connectivity index (χ1) is 15.6. The average molecular weight is 507 g/mol. The molecule has 0 fully saturated rings. The van der Waals surface area contributed by atoms with Crippen LogP contribution in [-0.2, 0) is 19.5 Å². The molecule has 0 saturated heterocycles. The van der Waals surface area contributed by atoms with Crippen molar-refractivity contribution in [2.45, 2.75) is 38.6 Å². The number of benzene rings is 2. The van der Waals surface area contributed by atoms with E-state index in [1.54, 1.807) is 12.1 Å². The molecule has 1 atom stereocenters. The normalized spacial score (nSPS) is 11.6. The summed E-state index contributed by atoms with van der Waals surface area (Å²) in [5, 5.41) is 0.675. The van der Waals surface area contributed by atoms with Gasteiger partial charge in [-0.25, -0.2) is 0 Å². The molecule has 7 heteroatoms. The van der Waals surface area contributed by atoms with Crippen LogP contribution in [0.4, 0.5) is 0 Å². The summed E-state index contributed by atoms with van der Waals surface area (Å²) < 4.78 is 29.1. The molecule has 0 N–H and O–H groups in total. The maximum atomic E-state index is 13.2. The molecule has 0 aromatic heterocycles. The van der Waals surface area contributed by atoms with E-state index in [4.69, 9.17) is 23.7 Å². The Labute approximate surface area is 197 Å². The molecule has 0 unspecified atom stereocenters. The molecule has 0 spiro atoms. The minimum absolute atomic E-state index is 0.0250. The summed E-state index contributed by atoms with van der Waals surface area (Å²) in [5.74, 6) is 0.516. The summed E-state index contributed by atoms with van der Waals surface area (Å²) >= 11 is 0.110. The number of hydrogen-bond acceptors (Lipinski definition) is 6. The van der Waals surface area contributed by atoms with E-state index < -0.39 is 5.97 Å². The fourth-order valence-electron chi connectivity index (χ4n) is 2.77. The molecule has 2 aromatic rings. The Balaban J connectivity index is 2.39. The molecule has 0 aliphatic rings. The van der Waals surface area contributed by atoms with Gasteiger partial charge in [-0.3, -0.25) is 0 Å². The van der Waals surface area contributed by atoms with Crippen LogP contribution >= 0.6 is 0 Å². The third kappa shape index (κ3) is 8.67. The fraction of sp³-hybridized carbons (Fsp3) is 0.400. The van der Waals surface area contributed by atoms with E-state index in [-0.39, 0.29) is 34.6 Å². The third-order valence-electron chi connectivity index (χ3n) is 4.32. The van der Waals surface area contributed by atoms with Crippen molar-refractivity contribution in [2.75, 3.05) is 26.8 Å². The van der Waals surface area contributed by atoms with Crippen molar-refractivity contribution in [1.29, 1.82) is 0 Å². The van der Waals surface area contributed by atoms with Crippen molar-refractivity contribution >= 4 is 25.4 Å². The van der Waals surface area contributed by atoms with Crippen LogP contribution in [-0.4, -0.2) is 53.8 Å². The number of rotatable bonds is 15. The van der Waals surface area contributed by atoms with Crippen molar-refractivity contribution < 1.29 is 28.5 Å². The Morgan fingerprint density at radius 2 is 1.75 bits per heavy atom. The van der Waals surface area contributed by atoms with Crippen LogP contribution in [0.2, 0.25) is 0 Å². The van der Waals surface area contributed by atoms with Gasteiger partial charge in [-0.05, 0) is 0 Å². The predicted molar refractivity (Wildman–Crippen MR) is 126 cm³/mol. The van der Waals surface area contributed by atoms with Crippen molar-refractivity contribution in [3.63, 3.8) is 0 Å². The van der Waals surface area contributed by atoms with Crippen molar-refractivity contribution in [2.24, 2.45) is 0 Å². The van der Waals surface area contributed by atoms with E-state index in [9.17, 15) is 4.79 Å². The number of hydrogen-bond donors (Lipinski definition) is 0. The Bertz CT molecular complexity index is 840. The van der Waals surface area contributed by atoms with Gasteiger partial charge in [-0.2, -0.15) is 0 Å². The van der Waals surface area contributed by atoms with Gasteiger partial charge in [0, 0.05) is 0 Å². The predicted octanol–water partition coefficient (Wildman–Crippen LogP) is 4.08. The molecule has 32 heavy (non-hydrogen) atoms. The minimum atomic E-state index is -0.430. The first-order valence-electron chi connectivity index (χ1n) is 10.7. The maximum absolute atomic E-state index is 13.2. The van der Waals surface area contributed by atoms with E-state index >= 15 is 0 Å². The molecule has 2 rings (SSSR count). The Kier molecular flexibility index (Phi) is 11.9. The second kappa shape index (κ2) is 14.7. The fourth-order valence-corrected chi connectivity index (χ4v) is 4.66. The first kappa shape index (κ1) is 25.9. The van der Waals surface area contributed by atoms with Crippen LogP contribution in [0, 0.1) is 0 Å². The average Bonchev–Trinajstić information content (AvgIpc) is 2.78. The van der Waals surface area contributed by atoms with Gasteiger partial charge < -0.3 is 0 Å². The SMILES string of the molecule is C=CC[C@H](C)OC(=O)c1c(C[Se]c2ccccc2)cc(OCOCC)cc1OCOCC. The monoisotopic (exact) mass is 508 g/mol. The van der Waals surface area contributed by atoms with Crippen molar-refractivity contribution in [1.82, 2.24) is 0 Å². The topological polar surface area (TPSA) is 63.2 Å². The van der Waals surface area contributed by atoms with E-state index in [1.165, 1.54) is 4.46 Å². The van der Waals surface area contributed by atoms with Crippen LogP contribution in [0.5, 0.6) is 11.5 Å². The molecular formula is C25H32O6Se. The molecular weight excluding hydrogens is 475 g/mol. The quantitative estimate of drug-likeness (QED) is 0.119. The van der Waals surface area contributed by atoms with Crippen LogP contribution in [0.25, 0.3) is 0 Å². The molecule has 0 amide bonds. The zero-order valence-corrected chi connectivity index (χ0v) is 20.7. The van der Waals surface area contributed by atoms with Crippen molar-refractivity contribution in [3.8, 4) is 11.5 Å². The van der Waals surface area contributed by atoms with Gasteiger partial charge in [-0.1, -0.05) is 0 Å². The van der Waals surface area contributed by atoms with Gasteiger partial charge in [0.05, 0.1) is 0 Å². The molecule has 0 heterocycles. The molecule has 0 radical (unpaired) electrons. The molecule has 6 nitrogen and oxygen atoms in total. The van der Waals surface area contributed by atoms with E-state index in [1.807, 2.05) is 45.0 Å². The van der Waals surface area contributed by atoms with E-state index in [0.29, 0.717) is 42.0 Å². The summed E-state index contributed by atoms with van der Waals surface area (Å²) in [6.07, 6.45) is 2.01. The number of carbonyl (C=O) groups excluding carboxylic acids is 1. The molecule has 0 aliphatic heterocycles. The number of ether oxygens (including phenoxy) is 5. The van der Waals surface area contributed by atoms with Gasteiger partial charge in [0.2, 0.25) is 0 Å². The van der Waals surface area contributed by atoms with Crippen LogP contribution in [0.1, 0.15) is 43.1 Å². The van der Waals surface area contributed by atoms with E-state index in [2.05, 4.69) is 18.7 Å². The Hall–Kier alpha value is -2.31. The molecule has 0 bridgehead atoms. The molecule has 0 aliphatic carbocycles. The summed E-state index contributed by atoms with van der Waals surface area (Å²) in [7, 11) is 0. The van der Waals surface area contributed by atoms with Gasteiger partial charge in [0.25, 0.3) is 0 Å². The van der Waals surface area contributed by atoms with Crippen LogP contribution < -0.4 is 13.9 Å². The Morgan fingerprint density at radius 1 is 1.06 bits per heavy atom.